The Kier molecular flexibility index (Phi) is 4.65. The highest BCUT2D eigenvalue weighted by molar-refractivity contribution is 6.32. The number of benzene rings is 1. The van der Waals surface area contributed by atoms with Crippen LogP contribution in [0.3, 0.4) is 0 Å². The van der Waals surface area contributed by atoms with Gasteiger partial charge in [0, 0.05) is 12.7 Å². The zero-order valence-electron chi connectivity index (χ0n) is 11.5. The van der Waals surface area contributed by atoms with Crippen molar-refractivity contribution in [2.75, 3.05) is 0 Å². The molecule has 122 valence electrons. The van der Waals surface area contributed by atoms with Gasteiger partial charge in [0.15, 0.2) is 0 Å². The zero-order valence-corrected chi connectivity index (χ0v) is 12.3. The van der Waals surface area contributed by atoms with Crippen LogP contribution in [0.2, 0.25) is 5.02 Å². The molecule has 0 spiro atoms. The molecule has 1 heterocycles. The largest absolute Gasteiger partial charge is 0.573 e. The predicted molar refractivity (Wildman–Crippen MR) is 76.0 cm³/mol. The lowest BCUT2D eigenvalue weighted by atomic mass is 10.2. The molecular formula is C14H11ClF3N3O2. The number of rotatable bonds is 4. The van der Waals surface area contributed by atoms with Crippen molar-refractivity contribution in [2.24, 2.45) is 5.73 Å². The first-order valence-electron chi connectivity index (χ1n) is 6.25. The quantitative estimate of drug-likeness (QED) is 0.893. The molecule has 0 aliphatic heterocycles. The Balaban J connectivity index is 2.29. The van der Waals surface area contributed by atoms with E-state index in [1.165, 1.54) is 22.8 Å². The standard InChI is InChI=1S/C14H11ClF3N3O2/c15-10-6-8(3-4-11(10)23-14(16,17)18)7-21-5-1-2-9(12(21)19)13(20)22/h1-6,19H,7H2,(H2,20,22). The third-order valence-electron chi connectivity index (χ3n) is 2.91. The fraction of sp³-hybridized carbons (Fsp3) is 0.143. The smallest absolute Gasteiger partial charge is 0.404 e. The van der Waals surface area contributed by atoms with Crippen molar-refractivity contribution < 1.29 is 22.7 Å². The van der Waals surface area contributed by atoms with Gasteiger partial charge in [-0.15, -0.1) is 13.2 Å². The van der Waals surface area contributed by atoms with E-state index in [1.807, 2.05) is 0 Å². The summed E-state index contributed by atoms with van der Waals surface area (Å²) in [6.07, 6.45) is -3.28. The lowest BCUT2D eigenvalue weighted by Gasteiger charge is -2.12. The van der Waals surface area contributed by atoms with Crippen molar-refractivity contribution in [1.82, 2.24) is 4.57 Å². The topological polar surface area (TPSA) is 81.1 Å². The molecule has 0 unspecified atom stereocenters. The fourth-order valence-corrected chi connectivity index (χ4v) is 2.17. The molecule has 0 saturated heterocycles. The number of carbonyl (C=O) groups excluding carboxylic acids is 1. The zero-order chi connectivity index (χ0) is 17.2. The van der Waals surface area contributed by atoms with Crippen LogP contribution in [0, 0.1) is 5.41 Å². The number of aromatic nitrogens is 1. The van der Waals surface area contributed by atoms with Crippen LogP contribution in [-0.4, -0.2) is 16.8 Å². The predicted octanol–water partition coefficient (Wildman–Crippen LogP) is 2.67. The first-order chi connectivity index (χ1) is 10.7. The Labute approximate surface area is 133 Å². The minimum atomic E-state index is -4.83. The Morgan fingerprint density at radius 3 is 2.61 bits per heavy atom. The van der Waals surface area contributed by atoms with Crippen LogP contribution in [0.15, 0.2) is 36.5 Å². The summed E-state index contributed by atoms with van der Waals surface area (Å²) in [5.74, 6) is -1.25. The second-order valence-corrected chi connectivity index (χ2v) is 4.98. The summed E-state index contributed by atoms with van der Waals surface area (Å²) in [5.41, 5.74) is 5.63. The summed E-state index contributed by atoms with van der Waals surface area (Å²) in [5, 5.41) is 7.69. The molecule has 9 heteroatoms. The van der Waals surface area contributed by atoms with Crippen molar-refractivity contribution in [3.8, 4) is 5.75 Å². The second-order valence-electron chi connectivity index (χ2n) is 4.58. The number of carbonyl (C=O) groups is 1. The van der Waals surface area contributed by atoms with E-state index in [1.54, 1.807) is 12.3 Å². The van der Waals surface area contributed by atoms with Gasteiger partial charge in [0.2, 0.25) is 0 Å². The highest BCUT2D eigenvalue weighted by Crippen LogP contribution is 2.30. The Bertz CT molecular complexity index is 803. The van der Waals surface area contributed by atoms with Crippen molar-refractivity contribution in [1.29, 1.82) is 5.41 Å². The van der Waals surface area contributed by atoms with Crippen LogP contribution >= 0.6 is 11.6 Å². The monoisotopic (exact) mass is 345 g/mol. The van der Waals surface area contributed by atoms with Crippen LogP contribution in [0.25, 0.3) is 0 Å². The molecule has 1 amide bonds. The van der Waals surface area contributed by atoms with E-state index in [4.69, 9.17) is 22.7 Å². The number of hydrogen-bond donors (Lipinski definition) is 2. The molecule has 1 aromatic heterocycles. The third kappa shape index (κ3) is 4.26. The normalized spacial score (nSPS) is 11.3. The van der Waals surface area contributed by atoms with Gasteiger partial charge in [-0.3, -0.25) is 10.2 Å². The van der Waals surface area contributed by atoms with Crippen molar-refractivity contribution >= 4 is 17.5 Å². The number of hydrogen-bond acceptors (Lipinski definition) is 3. The Morgan fingerprint density at radius 1 is 1.35 bits per heavy atom. The number of halogens is 4. The van der Waals surface area contributed by atoms with Crippen LogP contribution in [0.5, 0.6) is 5.75 Å². The van der Waals surface area contributed by atoms with Crippen LogP contribution < -0.4 is 16.0 Å². The van der Waals surface area contributed by atoms with Crippen LogP contribution in [0.4, 0.5) is 13.2 Å². The molecule has 23 heavy (non-hydrogen) atoms. The number of ether oxygens (including phenoxy) is 1. The molecule has 5 nitrogen and oxygen atoms in total. The summed E-state index contributed by atoms with van der Waals surface area (Å²) in [6, 6.07) is 6.73. The molecule has 0 fully saturated rings. The summed E-state index contributed by atoms with van der Waals surface area (Å²) < 4.78 is 41.8. The van der Waals surface area contributed by atoms with E-state index < -0.39 is 18.0 Å². The van der Waals surface area contributed by atoms with E-state index >= 15 is 0 Å². The Hall–Kier alpha value is -2.48. The minimum Gasteiger partial charge on any atom is -0.404 e. The highest BCUT2D eigenvalue weighted by Gasteiger charge is 2.32. The molecule has 0 aliphatic carbocycles. The molecule has 0 bridgehead atoms. The lowest BCUT2D eigenvalue weighted by molar-refractivity contribution is -0.274. The van der Waals surface area contributed by atoms with Gasteiger partial charge in [-0.2, -0.15) is 0 Å². The number of primary amides is 1. The summed E-state index contributed by atoms with van der Waals surface area (Å²) in [7, 11) is 0. The van der Waals surface area contributed by atoms with E-state index in [9.17, 15) is 18.0 Å². The van der Waals surface area contributed by atoms with Gasteiger partial charge in [-0.25, -0.2) is 0 Å². The molecule has 2 aromatic rings. The molecular weight excluding hydrogens is 335 g/mol. The highest BCUT2D eigenvalue weighted by atomic mass is 35.5. The maximum atomic E-state index is 12.2. The van der Waals surface area contributed by atoms with Gasteiger partial charge >= 0.3 is 6.36 Å². The number of nitrogens with two attached hydrogens (primary N) is 1. The van der Waals surface area contributed by atoms with Crippen molar-refractivity contribution in [3.63, 3.8) is 0 Å². The number of nitrogens with one attached hydrogen (secondary N) is 1. The van der Waals surface area contributed by atoms with Crippen molar-refractivity contribution in [2.45, 2.75) is 12.9 Å². The molecule has 0 atom stereocenters. The van der Waals surface area contributed by atoms with E-state index in [0.717, 1.165) is 6.07 Å². The third-order valence-corrected chi connectivity index (χ3v) is 3.21. The van der Waals surface area contributed by atoms with Crippen LogP contribution in [-0.2, 0) is 6.54 Å². The SMILES string of the molecule is N=c1c(C(N)=O)cccn1Cc1ccc(OC(F)(F)F)c(Cl)c1. The summed E-state index contributed by atoms with van der Waals surface area (Å²) in [6.45, 7) is 0.131. The average Bonchev–Trinajstić information content (AvgIpc) is 2.42. The van der Waals surface area contributed by atoms with E-state index in [2.05, 4.69) is 4.74 Å². The molecule has 3 N–H and O–H groups in total. The van der Waals surface area contributed by atoms with Gasteiger partial charge in [-0.1, -0.05) is 17.7 Å². The molecule has 0 aliphatic rings. The van der Waals surface area contributed by atoms with Crippen molar-refractivity contribution in [3.05, 3.63) is 58.2 Å². The van der Waals surface area contributed by atoms with E-state index in [-0.39, 0.29) is 22.6 Å². The maximum Gasteiger partial charge on any atom is 0.573 e. The number of nitrogens with zero attached hydrogens (tertiary/aromatic N) is 1. The minimum absolute atomic E-state index is 0.0376. The number of pyridine rings is 1. The average molecular weight is 346 g/mol. The lowest BCUT2D eigenvalue weighted by Crippen LogP contribution is -2.29. The number of amides is 1. The number of alkyl halides is 3. The van der Waals surface area contributed by atoms with Gasteiger partial charge in [0.1, 0.15) is 11.2 Å². The first-order valence-corrected chi connectivity index (χ1v) is 6.63. The summed E-state index contributed by atoms with van der Waals surface area (Å²) >= 11 is 5.77. The van der Waals surface area contributed by atoms with Gasteiger partial charge in [0.25, 0.3) is 5.91 Å². The van der Waals surface area contributed by atoms with E-state index in [0.29, 0.717) is 5.56 Å². The molecule has 0 radical (unpaired) electrons. The summed E-state index contributed by atoms with van der Waals surface area (Å²) in [4.78, 5) is 11.2. The fourth-order valence-electron chi connectivity index (χ4n) is 1.93. The van der Waals surface area contributed by atoms with Gasteiger partial charge in [-0.05, 0) is 29.8 Å². The maximum absolute atomic E-state index is 12.2. The van der Waals surface area contributed by atoms with Crippen LogP contribution in [0.1, 0.15) is 15.9 Å². The second kappa shape index (κ2) is 6.33. The Morgan fingerprint density at radius 2 is 2.04 bits per heavy atom. The van der Waals surface area contributed by atoms with Gasteiger partial charge in [0.05, 0.1) is 10.6 Å². The molecule has 0 saturated carbocycles. The first kappa shape index (κ1) is 16.9. The molecule has 2 rings (SSSR count). The van der Waals surface area contributed by atoms with Gasteiger partial charge < -0.3 is 15.0 Å². The molecule has 1 aromatic carbocycles.